The summed E-state index contributed by atoms with van der Waals surface area (Å²) in [5.41, 5.74) is 4.75. The number of esters is 1. The van der Waals surface area contributed by atoms with Crippen molar-refractivity contribution in [2.45, 2.75) is 6.18 Å². The van der Waals surface area contributed by atoms with Gasteiger partial charge in [0.2, 0.25) is 0 Å². The topological polar surface area (TPSA) is 69.4 Å². The Balaban J connectivity index is 3.81. The molecule has 0 rings (SSSR count). The Morgan fingerprint density at radius 3 is 2.17 bits per heavy atom. The van der Waals surface area contributed by atoms with E-state index in [0.29, 0.717) is 0 Å². The van der Waals surface area contributed by atoms with Crippen molar-refractivity contribution in [3.05, 3.63) is 0 Å². The van der Waals surface area contributed by atoms with Gasteiger partial charge in [-0.25, -0.2) is 4.79 Å². The lowest BCUT2D eigenvalue weighted by molar-refractivity contribution is -0.199. The van der Waals surface area contributed by atoms with Crippen LogP contribution in [0.1, 0.15) is 0 Å². The molecule has 0 amide bonds. The van der Waals surface area contributed by atoms with Gasteiger partial charge in [0.25, 0.3) is 0 Å². The van der Waals surface area contributed by atoms with Gasteiger partial charge < -0.3 is 10.5 Å². The molecule has 70 valence electrons. The molecule has 0 fully saturated rings. The van der Waals surface area contributed by atoms with E-state index in [1.54, 1.807) is 0 Å². The highest BCUT2D eigenvalue weighted by Crippen LogP contribution is 2.15. The first kappa shape index (κ1) is 10.9. The third-order valence-corrected chi connectivity index (χ3v) is 0.823. The molecule has 0 spiro atoms. The Morgan fingerprint density at radius 1 is 1.33 bits per heavy atom. The van der Waals surface area contributed by atoms with E-state index in [0.717, 1.165) is 0 Å². The van der Waals surface area contributed by atoms with Gasteiger partial charge in [0.1, 0.15) is 0 Å². The molecule has 0 radical (unpaired) electrons. The fraction of sp³-hybridized carbons (Fsp3) is 0.600. The molecule has 0 atom stereocenters. The molecule has 12 heavy (non-hydrogen) atoms. The predicted octanol–water partition coefficient (Wildman–Crippen LogP) is -0.380. The van der Waals surface area contributed by atoms with Crippen LogP contribution in [-0.2, 0) is 14.3 Å². The number of hydrogen-bond donors (Lipinski definition) is 1. The molecule has 0 aromatic heterocycles. The fourth-order valence-electron chi connectivity index (χ4n) is 0.287. The van der Waals surface area contributed by atoms with Crippen LogP contribution in [0.5, 0.6) is 0 Å². The summed E-state index contributed by atoms with van der Waals surface area (Å²) < 4.78 is 37.7. The first-order chi connectivity index (χ1) is 5.38. The van der Waals surface area contributed by atoms with Crippen molar-refractivity contribution < 1.29 is 27.5 Å². The quantitative estimate of drug-likeness (QED) is 0.608. The van der Waals surface area contributed by atoms with E-state index in [4.69, 9.17) is 5.73 Å². The minimum Gasteiger partial charge on any atom is -0.451 e. The highest BCUT2D eigenvalue weighted by molar-refractivity contribution is 5.84. The Labute approximate surface area is 65.5 Å². The number of nitrogens with two attached hydrogens (primary N) is 1. The van der Waals surface area contributed by atoms with E-state index >= 15 is 0 Å². The summed E-state index contributed by atoms with van der Waals surface area (Å²) in [5.74, 6) is -3.16. The van der Waals surface area contributed by atoms with Crippen molar-refractivity contribution in [1.82, 2.24) is 0 Å². The largest absolute Gasteiger partial charge is 0.490 e. The Morgan fingerprint density at radius 2 is 1.83 bits per heavy atom. The van der Waals surface area contributed by atoms with Crippen molar-refractivity contribution >= 4 is 11.8 Å². The lowest BCUT2D eigenvalue weighted by Crippen LogP contribution is -2.29. The molecular weight excluding hydrogens is 179 g/mol. The third kappa shape index (κ3) is 3.91. The smallest absolute Gasteiger partial charge is 0.451 e. The number of carbonyl (C=O) groups is 2. The number of rotatable bonds is 3. The highest BCUT2D eigenvalue weighted by Gasteiger charge is 2.41. The molecule has 0 aliphatic carbocycles. The van der Waals surface area contributed by atoms with Crippen molar-refractivity contribution in [1.29, 1.82) is 0 Å². The number of halogens is 3. The van der Waals surface area contributed by atoms with Crippen LogP contribution >= 0.6 is 0 Å². The number of hydrogen-bond acceptors (Lipinski definition) is 4. The van der Waals surface area contributed by atoms with Crippen LogP contribution in [0.15, 0.2) is 0 Å². The molecule has 0 saturated carbocycles. The first-order valence-corrected chi connectivity index (χ1v) is 2.83. The SMILES string of the molecule is NCC(=O)COC(=O)C(F)(F)F. The number of carbonyl (C=O) groups excluding carboxylic acids is 2. The molecule has 4 nitrogen and oxygen atoms in total. The molecule has 0 aliphatic rings. The van der Waals surface area contributed by atoms with E-state index in [2.05, 4.69) is 4.74 Å². The van der Waals surface area contributed by atoms with Gasteiger partial charge in [-0.1, -0.05) is 0 Å². The van der Waals surface area contributed by atoms with Gasteiger partial charge in [-0.15, -0.1) is 0 Å². The third-order valence-electron chi connectivity index (χ3n) is 0.823. The van der Waals surface area contributed by atoms with E-state index in [1.165, 1.54) is 0 Å². The first-order valence-electron chi connectivity index (χ1n) is 2.83. The van der Waals surface area contributed by atoms with Crippen LogP contribution in [0, 0.1) is 0 Å². The number of ketones is 1. The maximum Gasteiger partial charge on any atom is 0.490 e. The maximum absolute atomic E-state index is 11.4. The Bertz CT molecular complexity index is 189. The number of Topliss-reactive ketones (excluding diaryl/α,β-unsaturated/α-hetero) is 1. The minimum absolute atomic E-state index is 0.453. The van der Waals surface area contributed by atoms with E-state index in [1.807, 2.05) is 0 Å². The molecule has 0 aromatic carbocycles. The fourth-order valence-corrected chi connectivity index (χ4v) is 0.287. The van der Waals surface area contributed by atoms with E-state index < -0.39 is 31.1 Å². The summed E-state index contributed by atoms with van der Waals surface area (Å²) in [4.78, 5) is 20.2. The molecule has 0 aromatic rings. The molecule has 0 unspecified atom stereocenters. The van der Waals surface area contributed by atoms with Crippen LogP contribution in [0.3, 0.4) is 0 Å². The monoisotopic (exact) mass is 185 g/mol. The second-order valence-corrected chi connectivity index (χ2v) is 1.82. The molecular formula is C5H6F3NO3. The average molecular weight is 185 g/mol. The lowest BCUT2D eigenvalue weighted by Gasteiger charge is -2.04. The zero-order valence-corrected chi connectivity index (χ0v) is 5.85. The lowest BCUT2D eigenvalue weighted by atomic mass is 10.4. The van der Waals surface area contributed by atoms with Gasteiger partial charge in [0.05, 0.1) is 6.54 Å². The summed E-state index contributed by atoms with van der Waals surface area (Å²) in [6.45, 7) is -1.39. The number of ether oxygens (including phenoxy) is 1. The zero-order valence-electron chi connectivity index (χ0n) is 5.85. The Kier molecular flexibility index (Phi) is 3.68. The minimum atomic E-state index is -5.06. The molecule has 0 heterocycles. The maximum atomic E-state index is 11.4. The molecule has 0 saturated heterocycles. The van der Waals surface area contributed by atoms with Crippen LogP contribution in [0.4, 0.5) is 13.2 Å². The van der Waals surface area contributed by atoms with Crippen LogP contribution in [0.2, 0.25) is 0 Å². The average Bonchev–Trinajstić information content (AvgIpc) is 1.97. The molecule has 7 heteroatoms. The van der Waals surface area contributed by atoms with Gasteiger partial charge >= 0.3 is 12.1 Å². The van der Waals surface area contributed by atoms with Gasteiger partial charge in [0.15, 0.2) is 12.4 Å². The van der Waals surface area contributed by atoms with Crippen molar-refractivity contribution in [3.63, 3.8) is 0 Å². The van der Waals surface area contributed by atoms with Crippen LogP contribution in [0.25, 0.3) is 0 Å². The van der Waals surface area contributed by atoms with Crippen LogP contribution < -0.4 is 5.73 Å². The summed E-state index contributed by atoms with van der Waals surface area (Å²) in [6.07, 6.45) is -5.06. The highest BCUT2D eigenvalue weighted by atomic mass is 19.4. The van der Waals surface area contributed by atoms with Crippen molar-refractivity contribution in [3.8, 4) is 0 Å². The second-order valence-electron chi connectivity index (χ2n) is 1.82. The zero-order chi connectivity index (χ0) is 9.78. The van der Waals surface area contributed by atoms with Crippen molar-refractivity contribution in [2.75, 3.05) is 13.2 Å². The summed E-state index contributed by atoms with van der Waals surface area (Å²) in [5, 5.41) is 0. The summed E-state index contributed by atoms with van der Waals surface area (Å²) >= 11 is 0. The van der Waals surface area contributed by atoms with Crippen molar-refractivity contribution in [2.24, 2.45) is 5.73 Å². The van der Waals surface area contributed by atoms with Gasteiger partial charge in [0, 0.05) is 0 Å². The summed E-state index contributed by atoms with van der Waals surface area (Å²) in [6, 6.07) is 0. The van der Waals surface area contributed by atoms with Gasteiger partial charge in [-0.3, -0.25) is 4.79 Å². The predicted molar refractivity (Wildman–Crippen MR) is 31.1 cm³/mol. The van der Waals surface area contributed by atoms with E-state index in [-0.39, 0.29) is 0 Å². The van der Waals surface area contributed by atoms with Gasteiger partial charge in [-0.05, 0) is 0 Å². The van der Waals surface area contributed by atoms with Crippen LogP contribution in [-0.4, -0.2) is 31.1 Å². The molecule has 2 N–H and O–H groups in total. The van der Waals surface area contributed by atoms with Gasteiger partial charge in [-0.2, -0.15) is 13.2 Å². The normalized spacial score (nSPS) is 11.0. The van der Waals surface area contributed by atoms with E-state index in [9.17, 15) is 22.8 Å². The Hall–Kier alpha value is -1.11. The number of alkyl halides is 3. The summed E-state index contributed by atoms with van der Waals surface area (Å²) in [7, 11) is 0. The standard InChI is InChI=1S/C5H6F3NO3/c6-5(7,8)4(11)12-2-3(10)1-9/h1-2,9H2. The molecule has 0 bridgehead atoms. The second kappa shape index (κ2) is 4.05. The molecule has 0 aliphatic heterocycles.